The maximum atomic E-state index is 14.6. The number of amides is 1. The van der Waals surface area contributed by atoms with Crippen molar-refractivity contribution in [3.8, 4) is 0 Å². The zero-order chi connectivity index (χ0) is 20.1. The predicted molar refractivity (Wildman–Crippen MR) is 119 cm³/mol. The lowest BCUT2D eigenvalue weighted by Gasteiger charge is -2.38. The molecule has 0 saturated carbocycles. The number of furan rings is 1. The number of likely N-dealkylation sites (tertiary alicyclic amines) is 1. The SMILES string of the molecule is Cl.O=C(c1ccoc1)N(c1ccccc1F)C1CCN(CCc2ccccc2)CC1. The summed E-state index contributed by atoms with van der Waals surface area (Å²) in [5, 5.41) is 0. The van der Waals surface area contributed by atoms with Crippen molar-refractivity contribution < 1.29 is 13.6 Å². The van der Waals surface area contributed by atoms with E-state index < -0.39 is 0 Å². The minimum absolute atomic E-state index is 0. The Balaban J connectivity index is 0.00000256. The molecule has 30 heavy (non-hydrogen) atoms. The topological polar surface area (TPSA) is 36.7 Å². The van der Waals surface area contributed by atoms with Gasteiger partial charge in [0.2, 0.25) is 0 Å². The molecule has 2 heterocycles. The standard InChI is InChI=1S/C24H25FN2O2.ClH/c25-22-8-4-5-9-23(22)27(24(28)20-13-17-29-18-20)21-11-15-26(16-12-21)14-10-19-6-2-1-3-7-19;/h1-9,13,17-18,21H,10-12,14-16H2;1H. The Kier molecular flexibility index (Phi) is 7.66. The van der Waals surface area contributed by atoms with Gasteiger partial charge in [-0.1, -0.05) is 42.5 Å². The van der Waals surface area contributed by atoms with Gasteiger partial charge < -0.3 is 14.2 Å². The van der Waals surface area contributed by atoms with Crippen LogP contribution in [-0.4, -0.2) is 36.5 Å². The molecule has 0 unspecified atom stereocenters. The molecule has 1 fully saturated rings. The summed E-state index contributed by atoms with van der Waals surface area (Å²) in [5.74, 6) is -0.595. The van der Waals surface area contributed by atoms with Crippen LogP contribution in [0.25, 0.3) is 0 Å². The Morgan fingerprint density at radius 3 is 2.40 bits per heavy atom. The lowest BCUT2D eigenvalue weighted by atomic mass is 10.0. The molecule has 0 atom stereocenters. The van der Waals surface area contributed by atoms with Crippen LogP contribution in [0.3, 0.4) is 0 Å². The maximum absolute atomic E-state index is 14.6. The highest BCUT2D eigenvalue weighted by Gasteiger charge is 2.31. The van der Waals surface area contributed by atoms with Crippen molar-refractivity contribution in [2.75, 3.05) is 24.5 Å². The highest BCUT2D eigenvalue weighted by molar-refractivity contribution is 6.06. The molecule has 1 amide bonds. The fourth-order valence-corrected chi connectivity index (χ4v) is 3.98. The molecule has 1 aliphatic rings. The van der Waals surface area contributed by atoms with E-state index in [0.29, 0.717) is 11.3 Å². The van der Waals surface area contributed by atoms with E-state index >= 15 is 0 Å². The lowest BCUT2D eigenvalue weighted by Crippen LogP contribution is -2.48. The average molecular weight is 429 g/mol. The summed E-state index contributed by atoms with van der Waals surface area (Å²) >= 11 is 0. The number of rotatable bonds is 6. The van der Waals surface area contributed by atoms with Gasteiger partial charge in [-0.15, -0.1) is 12.4 Å². The number of piperidine rings is 1. The fraction of sp³-hybridized carbons (Fsp3) is 0.292. The normalized spacial score (nSPS) is 14.8. The zero-order valence-corrected chi connectivity index (χ0v) is 17.6. The van der Waals surface area contributed by atoms with E-state index in [0.717, 1.165) is 38.9 Å². The van der Waals surface area contributed by atoms with Crippen molar-refractivity contribution in [2.24, 2.45) is 0 Å². The van der Waals surface area contributed by atoms with Crippen molar-refractivity contribution in [3.63, 3.8) is 0 Å². The van der Waals surface area contributed by atoms with Crippen LogP contribution in [0.5, 0.6) is 0 Å². The third-order valence-electron chi connectivity index (χ3n) is 5.58. The molecule has 158 valence electrons. The third kappa shape index (κ3) is 5.10. The van der Waals surface area contributed by atoms with Crippen molar-refractivity contribution >= 4 is 24.0 Å². The molecule has 3 aromatic rings. The van der Waals surface area contributed by atoms with Gasteiger partial charge >= 0.3 is 0 Å². The van der Waals surface area contributed by atoms with Crippen LogP contribution in [0, 0.1) is 5.82 Å². The smallest absolute Gasteiger partial charge is 0.261 e. The molecule has 4 rings (SSSR count). The van der Waals surface area contributed by atoms with Crippen LogP contribution in [0.1, 0.15) is 28.8 Å². The summed E-state index contributed by atoms with van der Waals surface area (Å²) in [4.78, 5) is 17.2. The third-order valence-corrected chi connectivity index (χ3v) is 5.58. The number of para-hydroxylation sites is 1. The largest absolute Gasteiger partial charge is 0.472 e. The molecule has 0 bridgehead atoms. The Hall–Kier alpha value is -2.63. The number of halogens is 2. The maximum Gasteiger partial charge on any atom is 0.261 e. The monoisotopic (exact) mass is 428 g/mol. The first-order chi connectivity index (χ1) is 14.2. The highest BCUT2D eigenvalue weighted by Crippen LogP contribution is 2.28. The van der Waals surface area contributed by atoms with Crippen LogP contribution in [0.15, 0.2) is 77.6 Å². The van der Waals surface area contributed by atoms with Crippen LogP contribution in [0.4, 0.5) is 10.1 Å². The van der Waals surface area contributed by atoms with E-state index in [9.17, 15) is 9.18 Å². The van der Waals surface area contributed by atoms with E-state index in [2.05, 4.69) is 29.2 Å². The Morgan fingerprint density at radius 1 is 1.03 bits per heavy atom. The molecule has 4 nitrogen and oxygen atoms in total. The molecule has 0 N–H and O–H groups in total. The number of nitrogens with zero attached hydrogens (tertiary/aromatic N) is 2. The van der Waals surface area contributed by atoms with Gasteiger partial charge in [0, 0.05) is 25.7 Å². The number of hydrogen-bond donors (Lipinski definition) is 0. The molecule has 6 heteroatoms. The second kappa shape index (κ2) is 10.4. The van der Waals surface area contributed by atoms with Crippen molar-refractivity contribution in [2.45, 2.75) is 25.3 Å². The first-order valence-electron chi connectivity index (χ1n) is 10.1. The van der Waals surface area contributed by atoms with E-state index in [1.165, 1.54) is 24.2 Å². The Bertz CT molecular complexity index is 925. The quantitative estimate of drug-likeness (QED) is 0.541. The minimum atomic E-state index is -0.379. The first-order valence-corrected chi connectivity index (χ1v) is 10.1. The summed E-state index contributed by atoms with van der Waals surface area (Å²) in [5.41, 5.74) is 2.11. The van der Waals surface area contributed by atoms with Crippen molar-refractivity contribution in [3.05, 3.63) is 90.1 Å². The van der Waals surface area contributed by atoms with Crippen LogP contribution in [-0.2, 0) is 6.42 Å². The summed E-state index contributed by atoms with van der Waals surface area (Å²) in [6, 6.07) is 18.5. The molecule has 1 aromatic heterocycles. The molecule has 1 saturated heterocycles. The van der Waals surface area contributed by atoms with E-state index in [-0.39, 0.29) is 30.2 Å². The van der Waals surface area contributed by atoms with Crippen molar-refractivity contribution in [1.82, 2.24) is 4.90 Å². The van der Waals surface area contributed by atoms with Gasteiger partial charge in [0.15, 0.2) is 0 Å². The van der Waals surface area contributed by atoms with Gasteiger partial charge in [0.25, 0.3) is 5.91 Å². The second-order valence-electron chi connectivity index (χ2n) is 7.45. The predicted octanol–water partition coefficient (Wildman–Crippen LogP) is 5.19. The summed E-state index contributed by atoms with van der Waals surface area (Å²) in [6.45, 7) is 2.77. The molecule has 0 radical (unpaired) electrons. The average Bonchev–Trinajstić information content (AvgIpc) is 3.30. The molecule has 0 aliphatic carbocycles. The summed E-state index contributed by atoms with van der Waals surface area (Å²) in [6.07, 6.45) is 5.53. The Morgan fingerprint density at radius 2 is 1.73 bits per heavy atom. The number of carbonyl (C=O) groups is 1. The van der Waals surface area contributed by atoms with Gasteiger partial charge in [-0.05, 0) is 43.0 Å². The van der Waals surface area contributed by atoms with Gasteiger partial charge in [-0.3, -0.25) is 4.79 Å². The van der Waals surface area contributed by atoms with Gasteiger partial charge in [0.1, 0.15) is 12.1 Å². The first kappa shape index (κ1) is 22.1. The van der Waals surface area contributed by atoms with Crippen LogP contribution < -0.4 is 4.90 Å². The lowest BCUT2D eigenvalue weighted by molar-refractivity contribution is 0.0958. The van der Waals surface area contributed by atoms with E-state index in [1.807, 2.05) is 6.07 Å². The summed E-state index contributed by atoms with van der Waals surface area (Å²) < 4.78 is 19.6. The second-order valence-corrected chi connectivity index (χ2v) is 7.45. The minimum Gasteiger partial charge on any atom is -0.472 e. The number of hydrogen-bond acceptors (Lipinski definition) is 3. The summed E-state index contributed by atoms with van der Waals surface area (Å²) in [7, 11) is 0. The van der Waals surface area contributed by atoms with Crippen LogP contribution in [0.2, 0.25) is 0 Å². The van der Waals surface area contributed by atoms with Gasteiger partial charge in [-0.2, -0.15) is 0 Å². The molecular formula is C24H26ClFN2O2. The number of benzene rings is 2. The molecule has 1 aliphatic heterocycles. The number of anilines is 1. The highest BCUT2D eigenvalue weighted by atomic mass is 35.5. The molecule has 2 aromatic carbocycles. The van der Waals surface area contributed by atoms with E-state index in [1.54, 1.807) is 29.2 Å². The molecule has 0 spiro atoms. The number of carbonyl (C=O) groups excluding carboxylic acids is 1. The zero-order valence-electron chi connectivity index (χ0n) is 16.7. The Labute approximate surface area is 182 Å². The van der Waals surface area contributed by atoms with Gasteiger partial charge in [-0.25, -0.2) is 4.39 Å². The van der Waals surface area contributed by atoms with E-state index in [4.69, 9.17) is 4.42 Å². The van der Waals surface area contributed by atoms with Crippen molar-refractivity contribution in [1.29, 1.82) is 0 Å². The van der Waals surface area contributed by atoms with Crippen LogP contribution >= 0.6 is 12.4 Å². The fourth-order valence-electron chi connectivity index (χ4n) is 3.98. The van der Waals surface area contributed by atoms with Gasteiger partial charge in [0.05, 0.1) is 17.5 Å². The molecular weight excluding hydrogens is 403 g/mol.